The van der Waals surface area contributed by atoms with Crippen molar-refractivity contribution in [3.05, 3.63) is 26.4 Å². The van der Waals surface area contributed by atoms with Gasteiger partial charge in [-0.05, 0) is 31.1 Å². The molecule has 0 radical (unpaired) electrons. The van der Waals surface area contributed by atoms with Crippen molar-refractivity contribution in [2.75, 3.05) is 0 Å². The van der Waals surface area contributed by atoms with Crippen molar-refractivity contribution in [3.8, 4) is 5.88 Å². The molecule has 1 aromatic heterocycles. The largest absolute Gasteiger partial charge is 0.494 e. The second kappa shape index (κ2) is 6.29. The fourth-order valence-corrected chi connectivity index (χ4v) is 3.17. The first-order valence-electron chi connectivity index (χ1n) is 7.61. The van der Waals surface area contributed by atoms with Crippen LogP contribution < -0.4 is 11.2 Å². The molecule has 0 aliphatic heterocycles. The molecule has 0 bridgehead atoms. The van der Waals surface area contributed by atoms with Gasteiger partial charge in [0, 0.05) is 6.54 Å². The third-order valence-electron chi connectivity index (χ3n) is 4.60. The maximum atomic E-state index is 11.9. The average molecular weight is 280 g/mol. The summed E-state index contributed by atoms with van der Waals surface area (Å²) >= 11 is 0. The lowest BCUT2D eigenvalue weighted by molar-refractivity contribution is 0.236. The van der Waals surface area contributed by atoms with Crippen molar-refractivity contribution in [3.63, 3.8) is 0 Å². The summed E-state index contributed by atoms with van der Waals surface area (Å²) in [5.74, 6) is 1.06. The van der Waals surface area contributed by atoms with Crippen LogP contribution in [0.2, 0.25) is 0 Å². The highest BCUT2D eigenvalue weighted by Gasteiger charge is 2.22. The van der Waals surface area contributed by atoms with Gasteiger partial charge in [-0.3, -0.25) is 14.3 Å². The number of hydrogen-bond acceptors (Lipinski definition) is 3. The minimum atomic E-state index is -0.498. The lowest BCUT2D eigenvalue weighted by Crippen LogP contribution is -2.34. The Balaban J connectivity index is 2.18. The van der Waals surface area contributed by atoms with Gasteiger partial charge in [0.2, 0.25) is 5.88 Å². The van der Waals surface area contributed by atoms with E-state index in [2.05, 4.69) is 11.9 Å². The molecule has 20 heavy (non-hydrogen) atoms. The second-order valence-electron chi connectivity index (χ2n) is 5.82. The number of aromatic nitrogens is 2. The molecule has 1 heterocycles. The van der Waals surface area contributed by atoms with Crippen LogP contribution in [0.25, 0.3) is 0 Å². The molecular weight excluding hydrogens is 256 g/mol. The lowest BCUT2D eigenvalue weighted by Gasteiger charge is -2.28. The van der Waals surface area contributed by atoms with Crippen LogP contribution in [0.15, 0.2) is 9.59 Å². The van der Waals surface area contributed by atoms with E-state index in [1.54, 1.807) is 6.92 Å². The number of hydrogen-bond donors (Lipinski definition) is 2. The molecule has 0 atom stereocenters. The summed E-state index contributed by atoms with van der Waals surface area (Å²) in [5, 5.41) is 10.1. The minimum Gasteiger partial charge on any atom is -0.494 e. The summed E-state index contributed by atoms with van der Waals surface area (Å²) in [6.07, 6.45) is 6.21. The van der Waals surface area contributed by atoms with Crippen molar-refractivity contribution in [2.24, 2.45) is 11.8 Å². The van der Waals surface area contributed by atoms with Gasteiger partial charge in [0.15, 0.2) is 0 Å². The summed E-state index contributed by atoms with van der Waals surface area (Å²) in [4.78, 5) is 25.8. The molecule has 2 rings (SSSR count). The normalized spacial score (nSPS) is 22.9. The number of aromatic hydroxyl groups is 1. The van der Waals surface area contributed by atoms with Gasteiger partial charge < -0.3 is 5.11 Å². The standard InChI is InChI=1S/C15H24N2O3/c1-3-10-5-7-11(8-6-10)9-17-14(19)12(4-2)13(18)16-15(17)20/h10-11,19H,3-9H2,1-2H3,(H,16,18,20). The van der Waals surface area contributed by atoms with E-state index in [0.29, 0.717) is 24.4 Å². The second-order valence-corrected chi connectivity index (χ2v) is 5.82. The third kappa shape index (κ3) is 2.97. The molecule has 112 valence electrons. The van der Waals surface area contributed by atoms with E-state index >= 15 is 0 Å². The minimum absolute atomic E-state index is 0.154. The molecule has 0 spiro atoms. The van der Waals surface area contributed by atoms with Crippen LogP contribution in [0.1, 0.15) is 51.5 Å². The maximum absolute atomic E-state index is 11.9. The van der Waals surface area contributed by atoms with E-state index in [1.807, 2.05) is 0 Å². The van der Waals surface area contributed by atoms with Gasteiger partial charge >= 0.3 is 5.69 Å². The van der Waals surface area contributed by atoms with E-state index in [-0.39, 0.29) is 5.88 Å². The van der Waals surface area contributed by atoms with E-state index in [0.717, 1.165) is 18.8 Å². The van der Waals surface area contributed by atoms with Crippen LogP contribution >= 0.6 is 0 Å². The average Bonchev–Trinajstić information content (AvgIpc) is 2.44. The van der Waals surface area contributed by atoms with Gasteiger partial charge in [-0.15, -0.1) is 0 Å². The Kier molecular flexibility index (Phi) is 4.68. The number of aromatic amines is 1. The molecule has 0 unspecified atom stereocenters. The molecular formula is C15H24N2O3. The highest BCUT2D eigenvalue weighted by Crippen LogP contribution is 2.31. The molecule has 1 aliphatic carbocycles. The summed E-state index contributed by atoms with van der Waals surface area (Å²) in [5.41, 5.74) is -0.671. The Morgan fingerprint density at radius 1 is 1.15 bits per heavy atom. The Morgan fingerprint density at radius 3 is 2.30 bits per heavy atom. The van der Waals surface area contributed by atoms with Gasteiger partial charge in [-0.1, -0.05) is 33.1 Å². The lowest BCUT2D eigenvalue weighted by atomic mass is 9.81. The van der Waals surface area contributed by atoms with E-state index in [9.17, 15) is 14.7 Å². The van der Waals surface area contributed by atoms with E-state index < -0.39 is 11.2 Å². The van der Waals surface area contributed by atoms with Crippen molar-refractivity contribution < 1.29 is 5.11 Å². The fraction of sp³-hybridized carbons (Fsp3) is 0.733. The van der Waals surface area contributed by atoms with Crippen molar-refractivity contribution in [1.82, 2.24) is 9.55 Å². The summed E-state index contributed by atoms with van der Waals surface area (Å²) in [6.45, 7) is 4.52. The molecule has 1 aromatic rings. The number of nitrogens with zero attached hydrogens (tertiary/aromatic N) is 1. The van der Waals surface area contributed by atoms with Gasteiger partial charge in [0.05, 0.1) is 5.56 Å². The van der Waals surface area contributed by atoms with Crippen LogP contribution in [0.4, 0.5) is 0 Å². The Morgan fingerprint density at radius 2 is 1.75 bits per heavy atom. The number of nitrogens with one attached hydrogen (secondary N) is 1. The SMILES string of the molecule is CCc1c(O)n(CC2CCC(CC)CC2)c(=O)[nH]c1=O. The first kappa shape index (κ1) is 14.9. The predicted octanol–water partition coefficient (Wildman–Crippen LogP) is 2.02. The van der Waals surface area contributed by atoms with Gasteiger partial charge in [-0.25, -0.2) is 4.79 Å². The van der Waals surface area contributed by atoms with Gasteiger partial charge in [0.1, 0.15) is 0 Å². The van der Waals surface area contributed by atoms with Crippen LogP contribution in [-0.2, 0) is 13.0 Å². The predicted molar refractivity (Wildman–Crippen MR) is 78.1 cm³/mol. The van der Waals surface area contributed by atoms with Crippen LogP contribution in [0.5, 0.6) is 5.88 Å². The Bertz CT molecular complexity index is 565. The topological polar surface area (TPSA) is 75.1 Å². The smallest absolute Gasteiger partial charge is 0.331 e. The molecule has 0 aromatic carbocycles. The molecule has 0 amide bonds. The third-order valence-corrected chi connectivity index (χ3v) is 4.60. The molecule has 5 nitrogen and oxygen atoms in total. The van der Waals surface area contributed by atoms with E-state index in [1.165, 1.54) is 23.8 Å². The van der Waals surface area contributed by atoms with Gasteiger partial charge in [0.25, 0.3) is 5.56 Å². The Hall–Kier alpha value is -1.52. The monoisotopic (exact) mass is 280 g/mol. The fourth-order valence-electron chi connectivity index (χ4n) is 3.17. The molecule has 1 fully saturated rings. The zero-order valence-electron chi connectivity index (χ0n) is 12.3. The van der Waals surface area contributed by atoms with Crippen molar-refractivity contribution >= 4 is 0 Å². The summed E-state index contributed by atoms with van der Waals surface area (Å²) < 4.78 is 1.33. The van der Waals surface area contributed by atoms with E-state index in [4.69, 9.17) is 0 Å². The van der Waals surface area contributed by atoms with Gasteiger partial charge in [-0.2, -0.15) is 0 Å². The van der Waals surface area contributed by atoms with Crippen molar-refractivity contribution in [2.45, 2.75) is 58.9 Å². The molecule has 1 saturated carbocycles. The summed E-state index contributed by atoms with van der Waals surface area (Å²) in [6, 6.07) is 0. The highest BCUT2D eigenvalue weighted by atomic mass is 16.3. The zero-order chi connectivity index (χ0) is 14.7. The molecule has 5 heteroatoms. The highest BCUT2D eigenvalue weighted by molar-refractivity contribution is 5.22. The van der Waals surface area contributed by atoms with Crippen LogP contribution in [-0.4, -0.2) is 14.7 Å². The van der Waals surface area contributed by atoms with Crippen molar-refractivity contribution in [1.29, 1.82) is 0 Å². The Labute approximate surface area is 118 Å². The maximum Gasteiger partial charge on any atom is 0.331 e. The number of H-pyrrole nitrogens is 1. The quantitative estimate of drug-likeness (QED) is 0.886. The molecule has 2 N–H and O–H groups in total. The molecule has 1 aliphatic rings. The summed E-state index contributed by atoms with van der Waals surface area (Å²) in [7, 11) is 0. The zero-order valence-corrected chi connectivity index (χ0v) is 12.3. The van der Waals surface area contributed by atoms with Crippen LogP contribution in [0.3, 0.4) is 0 Å². The first-order chi connectivity index (χ1) is 9.56. The number of rotatable bonds is 4. The first-order valence-corrected chi connectivity index (χ1v) is 7.61. The van der Waals surface area contributed by atoms with Crippen LogP contribution in [0, 0.1) is 11.8 Å². The molecule has 0 saturated heterocycles.